The number of aliphatic imine (C=N–C) groups is 1. The Hall–Kier alpha value is -3.25. The van der Waals surface area contributed by atoms with Crippen LogP contribution >= 0.6 is 0 Å². The Morgan fingerprint density at radius 1 is 1.07 bits per heavy atom. The number of carbonyl (C=O) groups excluding carboxylic acids is 2. The Bertz CT molecular complexity index is 1130. The molecule has 2 aliphatic rings. The Labute approximate surface area is 162 Å². The van der Waals surface area contributed by atoms with Crippen LogP contribution in [0.1, 0.15) is 17.2 Å². The molecule has 2 aromatic carbocycles. The van der Waals surface area contributed by atoms with Crippen LogP contribution in [0, 0.1) is 5.92 Å². The highest BCUT2D eigenvalue weighted by Gasteiger charge is 2.43. The maximum absolute atomic E-state index is 12.8. The third kappa shape index (κ3) is 2.49. The number of carbonyl (C=O) groups is 2. The number of aromatic nitrogens is 1. The van der Waals surface area contributed by atoms with Gasteiger partial charge in [-0.15, -0.1) is 0 Å². The molecule has 0 radical (unpaired) electrons. The highest BCUT2D eigenvalue weighted by Crippen LogP contribution is 2.40. The summed E-state index contributed by atoms with van der Waals surface area (Å²) in [5.74, 6) is -1.09. The Kier molecular flexibility index (Phi) is 3.87. The van der Waals surface area contributed by atoms with E-state index in [1.54, 1.807) is 0 Å². The molecule has 0 saturated carbocycles. The molecule has 1 saturated heterocycles. The van der Waals surface area contributed by atoms with Gasteiger partial charge in [0.2, 0.25) is 5.91 Å². The number of hydrogen-bond acceptors (Lipinski definition) is 4. The molecular formula is C22H20N4O2. The van der Waals surface area contributed by atoms with Crippen LogP contribution in [0.4, 0.5) is 5.69 Å². The fourth-order valence-electron chi connectivity index (χ4n) is 4.42. The van der Waals surface area contributed by atoms with E-state index in [9.17, 15) is 9.59 Å². The second-order valence-corrected chi connectivity index (χ2v) is 7.38. The Balaban J connectivity index is 1.72. The first-order valence-electron chi connectivity index (χ1n) is 9.46. The van der Waals surface area contributed by atoms with Crippen molar-refractivity contribution in [3.63, 3.8) is 0 Å². The molecule has 6 heteroatoms. The van der Waals surface area contributed by atoms with Crippen molar-refractivity contribution < 1.29 is 9.59 Å². The molecule has 1 unspecified atom stereocenters. The van der Waals surface area contributed by atoms with Crippen LogP contribution in [0.3, 0.4) is 0 Å². The summed E-state index contributed by atoms with van der Waals surface area (Å²) in [6, 6.07) is 17.3. The van der Waals surface area contributed by atoms with Crippen molar-refractivity contribution in [3.8, 4) is 0 Å². The van der Waals surface area contributed by atoms with Crippen LogP contribution in [0.15, 0.2) is 59.6 Å². The van der Waals surface area contributed by atoms with Gasteiger partial charge >= 0.3 is 0 Å². The zero-order valence-electron chi connectivity index (χ0n) is 15.3. The van der Waals surface area contributed by atoms with Crippen LogP contribution in [-0.4, -0.2) is 28.6 Å². The molecule has 3 aromatic rings. The SMILES string of the molecule is NC[C@H]1Cc2c(C3C(=O)NC(=O)C3=Nc3ccccc3)c3ccccc3n2C1. The number of para-hydroxylation sites is 2. The van der Waals surface area contributed by atoms with E-state index in [0.717, 1.165) is 35.1 Å². The average molecular weight is 372 g/mol. The van der Waals surface area contributed by atoms with Gasteiger partial charge in [0.25, 0.3) is 5.91 Å². The number of amides is 2. The maximum Gasteiger partial charge on any atom is 0.273 e. The molecule has 1 aromatic heterocycles. The molecule has 6 nitrogen and oxygen atoms in total. The van der Waals surface area contributed by atoms with E-state index in [-0.39, 0.29) is 11.6 Å². The first kappa shape index (κ1) is 16.9. The molecule has 5 rings (SSSR count). The second-order valence-electron chi connectivity index (χ2n) is 7.38. The van der Waals surface area contributed by atoms with Gasteiger partial charge in [0.05, 0.1) is 5.69 Å². The molecule has 0 bridgehead atoms. The zero-order chi connectivity index (χ0) is 19.3. The Morgan fingerprint density at radius 3 is 2.61 bits per heavy atom. The van der Waals surface area contributed by atoms with Crippen molar-refractivity contribution in [1.82, 2.24) is 9.88 Å². The van der Waals surface area contributed by atoms with Gasteiger partial charge < -0.3 is 10.3 Å². The van der Waals surface area contributed by atoms with Gasteiger partial charge in [0, 0.05) is 23.1 Å². The minimum Gasteiger partial charge on any atom is -0.344 e. The summed E-state index contributed by atoms with van der Waals surface area (Å²) in [7, 11) is 0. The van der Waals surface area contributed by atoms with Crippen molar-refractivity contribution in [2.75, 3.05) is 6.54 Å². The lowest BCUT2D eigenvalue weighted by atomic mass is 9.90. The van der Waals surface area contributed by atoms with Gasteiger partial charge in [-0.2, -0.15) is 0 Å². The number of nitrogens with zero attached hydrogens (tertiary/aromatic N) is 2. The predicted octanol–water partition coefficient (Wildman–Crippen LogP) is 2.29. The maximum atomic E-state index is 12.8. The Morgan fingerprint density at radius 2 is 1.82 bits per heavy atom. The highest BCUT2D eigenvalue weighted by molar-refractivity contribution is 6.52. The number of imide groups is 1. The first-order valence-corrected chi connectivity index (χ1v) is 9.46. The van der Waals surface area contributed by atoms with Crippen molar-refractivity contribution in [1.29, 1.82) is 0 Å². The summed E-state index contributed by atoms with van der Waals surface area (Å²) in [4.78, 5) is 29.9. The monoisotopic (exact) mass is 372 g/mol. The molecule has 140 valence electrons. The predicted molar refractivity (Wildman–Crippen MR) is 108 cm³/mol. The van der Waals surface area contributed by atoms with Crippen LogP contribution in [0.25, 0.3) is 10.9 Å². The molecule has 28 heavy (non-hydrogen) atoms. The summed E-state index contributed by atoms with van der Waals surface area (Å²) < 4.78 is 2.25. The minimum atomic E-state index is -0.703. The largest absolute Gasteiger partial charge is 0.344 e. The van der Waals surface area contributed by atoms with E-state index in [0.29, 0.717) is 18.2 Å². The number of benzene rings is 2. The van der Waals surface area contributed by atoms with Crippen LogP contribution in [0.2, 0.25) is 0 Å². The molecule has 3 N–H and O–H groups in total. The number of hydrogen-bond donors (Lipinski definition) is 2. The summed E-state index contributed by atoms with van der Waals surface area (Å²) in [5, 5.41) is 3.47. The topological polar surface area (TPSA) is 89.5 Å². The van der Waals surface area contributed by atoms with Gasteiger partial charge in [0.15, 0.2) is 0 Å². The van der Waals surface area contributed by atoms with Crippen LogP contribution in [-0.2, 0) is 22.6 Å². The van der Waals surface area contributed by atoms with Gasteiger partial charge in [-0.05, 0) is 42.6 Å². The number of nitrogens with one attached hydrogen (secondary N) is 1. The van der Waals surface area contributed by atoms with Crippen molar-refractivity contribution in [3.05, 3.63) is 65.9 Å². The minimum absolute atomic E-state index is 0.256. The van der Waals surface area contributed by atoms with Gasteiger partial charge in [0.1, 0.15) is 11.6 Å². The van der Waals surface area contributed by atoms with E-state index in [1.165, 1.54) is 0 Å². The van der Waals surface area contributed by atoms with Crippen molar-refractivity contribution in [2.24, 2.45) is 16.6 Å². The molecule has 3 heterocycles. The molecule has 2 amide bonds. The first-order chi connectivity index (χ1) is 13.7. The molecule has 2 atom stereocenters. The van der Waals surface area contributed by atoms with E-state index in [1.807, 2.05) is 48.5 Å². The van der Waals surface area contributed by atoms with Crippen LogP contribution < -0.4 is 11.1 Å². The molecule has 0 aliphatic carbocycles. The lowest BCUT2D eigenvalue weighted by Crippen LogP contribution is -2.22. The average Bonchev–Trinajstić information content (AvgIpc) is 3.34. The zero-order valence-corrected chi connectivity index (χ0v) is 15.3. The van der Waals surface area contributed by atoms with E-state index < -0.39 is 11.8 Å². The van der Waals surface area contributed by atoms with Gasteiger partial charge in [-0.3, -0.25) is 14.9 Å². The van der Waals surface area contributed by atoms with Crippen LogP contribution in [0.5, 0.6) is 0 Å². The standard InChI is InChI=1S/C22H20N4O2/c23-11-13-10-17-18(15-8-4-5-9-16(15)26(17)12-13)19-20(22(28)25-21(19)27)24-14-6-2-1-3-7-14/h1-9,13,19H,10-12,23H2,(H,25,27,28)/t13-,19?/m1/s1. The smallest absolute Gasteiger partial charge is 0.273 e. The molecule has 0 spiro atoms. The lowest BCUT2D eigenvalue weighted by Gasteiger charge is -2.11. The summed E-state index contributed by atoms with van der Waals surface area (Å²) in [6.45, 7) is 1.43. The quantitative estimate of drug-likeness (QED) is 0.691. The third-order valence-corrected chi connectivity index (χ3v) is 5.68. The summed E-state index contributed by atoms with van der Waals surface area (Å²) in [6.07, 6.45) is 0.803. The summed E-state index contributed by atoms with van der Waals surface area (Å²) >= 11 is 0. The summed E-state index contributed by atoms with van der Waals surface area (Å²) in [5.41, 5.74) is 9.91. The lowest BCUT2D eigenvalue weighted by molar-refractivity contribution is -0.124. The highest BCUT2D eigenvalue weighted by atomic mass is 16.2. The number of rotatable bonds is 3. The fraction of sp³-hybridized carbons (Fsp3) is 0.227. The molecule has 2 aliphatic heterocycles. The molecule has 1 fully saturated rings. The van der Waals surface area contributed by atoms with Gasteiger partial charge in [-0.1, -0.05) is 36.4 Å². The number of nitrogens with two attached hydrogens (primary N) is 1. The van der Waals surface area contributed by atoms with Crippen molar-refractivity contribution in [2.45, 2.75) is 18.9 Å². The van der Waals surface area contributed by atoms with Gasteiger partial charge in [-0.25, -0.2) is 4.99 Å². The van der Waals surface area contributed by atoms with E-state index in [4.69, 9.17) is 5.73 Å². The van der Waals surface area contributed by atoms with E-state index >= 15 is 0 Å². The van der Waals surface area contributed by atoms with Crippen molar-refractivity contribution >= 4 is 34.1 Å². The third-order valence-electron chi connectivity index (χ3n) is 5.68. The molecular weight excluding hydrogens is 352 g/mol. The normalized spacial score (nSPS) is 22.8. The fourth-order valence-corrected chi connectivity index (χ4v) is 4.42. The number of fused-ring (bicyclic) bond motifs is 3. The van der Waals surface area contributed by atoms with E-state index in [2.05, 4.69) is 20.9 Å². The second kappa shape index (κ2) is 6.42.